The first-order chi connectivity index (χ1) is 7.13. The maximum absolute atomic E-state index is 10.2. The molecule has 0 aromatic rings. The quantitative estimate of drug-likeness (QED) is 0.409. The van der Waals surface area contributed by atoms with Gasteiger partial charge in [-0.2, -0.15) is 0 Å². The first kappa shape index (κ1) is 18.3. The molecule has 0 radical (unpaired) electrons. The van der Waals surface area contributed by atoms with Crippen LogP contribution in [0.1, 0.15) is 59.2 Å². The summed E-state index contributed by atoms with van der Waals surface area (Å²) < 4.78 is 0. The predicted octanol–water partition coefficient (Wildman–Crippen LogP) is -0.217. The molecule has 0 aliphatic rings. The van der Waals surface area contributed by atoms with Crippen molar-refractivity contribution in [2.75, 3.05) is 0 Å². The molecule has 0 saturated carbocycles. The van der Waals surface area contributed by atoms with Crippen LogP contribution in [-0.4, -0.2) is 22.2 Å². The SMILES string of the molecule is O=C(O)CCCCCCCCCC(=O)O.[H-].[Na+]. The molecule has 2 N–H and O–H groups in total. The molecular weight excluding hydrogens is 219 g/mol. The van der Waals surface area contributed by atoms with Crippen molar-refractivity contribution in [2.24, 2.45) is 0 Å². The van der Waals surface area contributed by atoms with E-state index in [-0.39, 0.29) is 43.8 Å². The van der Waals surface area contributed by atoms with Crippen molar-refractivity contribution in [3.05, 3.63) is 0 Å². The first-order valence-corrected chi connectivity index (χ1v) is 5.56. The minimum Gasteiger partial charge on any atom is -1.00 e. The van der Waals surface area contributed by atoms with Crippen LogP contribution >= 0.6 is 0 Å². The van der Waals surface area contributed by atoms with Crippen molar-refractivity contribution >= 4 is 11.9 Å². The number of carbonyl (C=O) groups is 2. The van der Waals surface area contributed by atoms with Crippen LogP contribution in [0.4, 0.5) is 0 Å². The summed E-state index contributed by atoms with van der Waals surface area (Å²) in [6, 6.07) is 0. The molecule has 0 bridgehead atoms. The van der Waals surface area contributed by atoms with Crippen LogP contribution < -0.4 is 29.6 Å². The Morgan fingerprint density at radius 1 is 0.688 bits per heavy atom. The third-order valence-electron chi connectivity index (χ3n) is 2.28. The minimum atomic E-state index is -0.726. The van der Waals surface area contributed by atoms with Gasteiger partial charge in [-0.3, -0.25) is 9.59 Å². The Labute approximate surface area is 120 Å². The van der Waals surface area contributed by atoms with Crippen molar-refractivity contribution < 1.29 is 50.8 Å². The zero-order chi connectivity index (χ0) is 11.5. The Kier molecular flexibility index (Phi) is 14.9. The topological polar surface area (TPSA) is 74.6 Å². The van der Waals surface area contributed by atoms with E-state index in [2.05, 4.69) is 0 Å². The summed E-state index contributed by atoms with van der Waals surface area (Å²) in [6.07, 6.45) is 7.16. The van der Waals surface area contributed by atoms with Gasteiger partial charge in [-0.15, -0.1) is 0 Å². The molecule has 4 nitrogen and oxygen atoms in total. The van der Waals surface area contributed by atoms with Crippen LogP contribution in [0.2, 0.25) is 0 Å². The summed E-state index contributed by atoms with van der Waals surface area (Å²) in [7, 11) is 0. The number of rotatable bonds is 10. The van der Waals surface area contributed by atoms with E-state index in [4.69, 9.17) is 10.2 Å². The molecule has 90 valence electrons. The molecule has 0 rings (SSSR count). The number of hydrogen-bond acceptors (Lipinski definition) is 2. The summed E-state index contributed by atoms with van der Waals surface area (Å²) in [6.45, 7) is 0. The molecule has 0 aliphatic heterocycles. The standard InChI is InChI=1S/C11H20O4.Na.H/c12-10(13)8-6-4-2-1-3-5-7-9-11(14)15;;/h1-9H2,(H,12,13)(H,14,15);;/q;+1;-1. The van der Waals surface area contributed by atoms with Crippen molar-refractivity contribution in [3.63, 3.8) is 0 Å². The zero-order valence-electron chi connectivity index (χ0n) is 11.1. The van der Waals surface area contributed by atoms with Gasteiger partial charge in [0.15, 0.2) is 0 Å². The molecule has 0 unspecified atom stereocenters. The Hall–Kier alpha value is -0.0600. The van der Waals surface area contributed by atoms with E-state index in [1.807, 2.05) is 0 Å². The fraction of sp³-hybridized carbons (Fsp3) is 0.818. The molecule has 0 heterocycles. The minimum absolute atomic E-state index is 0. The van der Waals surface area contributed by atoms with Crippen LogP contribution in [0.5, 0.6) is 0 Å². The Morgan fingerprint density at radius 3 is 1.19 bits per heavy atom. The van der Waals surface area contributed by atoms with Crippen LogP contribution in [0.3, 0.4) is 0 Å². The molecule has 0 atom stereocenters. The molecule has 0 aromatic carbocycles. The number of hydrogen-bond donors (Lipinski definition) is 2. The normalized spacial score (nSPS) is 9.50. The fourth-order valence-electron chi connectivity index (χ4n) is 1.44. The third-order valence-corrected chi connectivity index (χ3v) is 2.28. The maximum Gasteiger partial charge on any atom is 1.00 e. The Balaban J connectivity index is -0.000000980. The van der Waals surface area contributed by atoms with Gasteiger partial charge < -0.3 is 11.6 Å². The number of carboxylic acids is 2. The van der Waals surface area contributed by atoms with Gasteiger partial charge in [0.2, 0.25) is 0 Å². The van der Waals surface area contributed by atoms with Gasteiger partial charge in [0, 0.05) is 12.8 Å². The average Bonchev–Trinajstić information content (AvgIpc) is 2.14. The summed E-state index contributed by atoms with van der Waals surface area (Å²) in [5.74, 6) is -1.45. The third kappa shape index (κ3) is 16.4. The summed E-state index contributed by atoms with van der Waals surface area (Å²) >= 11 is 0. The molecule has 5 heteroatoms. The van der Waals surface area contributed by atoms with E-state index in [9.17, 15) is 9.59 Å². The van der Waals surface area contributed by atoms with Gasteiger partial charge in [-0.05, 0) is 12.8 Å². The second-order valence-electron chi connectivity index (χ2n) is 3.76. The summed E-state index contributed by atoms with van der Waals surface area (Å²) in [5.41, 5.74) is 0. The molecule has 0 spiro atoms. The smallest absolute Gasteiger partial charge is 1.00 e. The molecule has 0 fully saturated rings. The van der Waals surface area contributed by atoms with Gasteiger partial charge in [0.05, 0.1) is 0 Å². The van der Waals surface area contributed by atoms with Crippen LogP contribution in [0.15, 0.2) is 0 Å². The van der Waals surface area contributed by atoms with E-state index in [0.29, 0.717) is 0 Å². The Bertz CT molecular complexity index is 180. The van der Waals surface area contributed by atoms with Gasteiger partial charge in [0.25, 0.3) is 0 Å². The van der Waals surface area contributed by atoms with Crippen LogP contribution in [-0.2, 0) is 9.59 Å². The Morgan fingerprint density at radius 2 is 0.938 bits per heavy atom. The number of aliphatic carboxylic acids is 2. The van der Waals surface area contributed by atoms with E-state index in [0.717, 1.165) is 44.9 Å². The molecule has 16 heavy (non-hydrogen) atoms. The zero-order valence-corrected chi connectivity index (χ0v) is 12.1. The van der Waals surface area contributed by atoms with E-state index < -0.39 is 11.9 Å². The molecule has 0 aliphatic carbocycles. The van der Waals surface area contributed by atoms with Gasteiger partial charge in [0.1, 0.15) is 0 Å². The second-order valence-corrected chi connectivity index (χ2v) is 3.76. The van der Waals surface area contributed by atoms with Gasteiger partial charge >= 0.3 is 41.5 Å². The number of carboxylic acid groups (broad SMARTS) is 2. The monoisotopic (exact) mass is 240 g/mol. The van der Waals surface area contributed by atoms with Gasteiger partial charge in [-0.25, -0.2) is 0 Å². The van der Waals surface area contributed by atoms with E-state index in [1.54, 1.807) is 0 Å². The van der Waals surface area contributed by atoms with E-state index >= 15 is 0 Å². The molecule has 0 aromatic heterocycles. The van der Waals surface area contributed by atoms with Crippen molar-refractivity contribution in [3.8, 4) is 0 Å². The molecule has 0 saturated heterocycles. The summed E-state index contributed by atoms with van der Waals surface area (Å²) in [5, 5.41) is 16.8. The second kappa shape index (κ2) is 13.0. The summed E-state index contributed by atoms with van der Waals surface area (Å²) in [4.78, 5) is 20.4. The fourth-order valence-corrected chi connectivity index (χ4v) is 1.44. The van der Waals surface area contributed by atoms with E-state index in [1.165, 1.54) is 0 Å². The molecular formula is C11H21NaO4. The molecule has 0 amide bonds. The first-order valence-electron chi connectivity index (χ1n) is 5.56. The van der Waals surface area contributed by atoms with Crippen molar-refractivity contribution in [2.45, 2.75) is 57.8 Å². The van der Waals surface area contributed by atoms with Gasteiger partial charge in [-0.1, -0.05) is 32.1 Å². The number of unbranched alkanes of at least 4 members (excludes halogenated alkanes) is 6. The van der Waals surface area contributed by atoms with Crippen molar-refractivity contribution in [1.82, 2.24) is 0 Å². The maximum atomic E-state index is 10.2. The van der Waals surface area contributed by atoms with Crippen LogP contribution in [0, 0.1) is 0 Å². The van der Waals surface area contributed by atoms with Crippen molar-refractivity contribution in [1.29, 1.82) is 0 Å². The predicted molar refractivity (Wildman–Crippen MR) is 57.9 cm³/mol. The van der Waals surface area contributed by atoms with Crippen LogP contribution in [0.25, 0.3) is 0 Å². The average molecular weight is 240 g/mol. The largest absolute Gasteiger partial charge is 1.00 e.